The van der Waals surface area contributed by atoms with Gasteiger partial charge in [0, 0.05) is 10.0 Å². The molecular weight excluding hydrogens is 302 g/mol. The van der Waals surface area contributed by atoms with Crippen LogP contribution in [-0.2, 0) is 11.2 Å². The lowest BCUT2D eigenvalue weighted by Gasteiger charge is -2.26. The first-order chi connectivity index (χ1) is 7.93. The molecular formula is C13H17BrClNO. The van der Waals surface area contributed by atoms with Gasteiger partial charge in [0.25, 0.3) is 0 Å². The van der Waals surface area contributed by atoms with E-state index >= 15 is 0 Å². The van der Waals surface area contributed by atoms with Gasteiger partial charge in [-0.2, -0.15) is 0 Å². The summed E-state index contributed by atoms with van der Waals surface area (Å²) in [5, 5.41) is 2.91. The highest BCUT2D eigenvalue weighted by atomic mass is 79.9. The number of benzene rings is 1. The Morgan fingerprint density at radius 1 is 1.47 bits per heavy atom. The zero-order valence-electron chi connectivity index (χ0n) is 10.1. The molecule has 1 rings (SSSR count). The third kappa shape index (κ3) is 5.55. The Bertz CT molecular complexity index is 393. The molecule has 94 valence electrons. The lowest BCUT2D eigenvalue weighted by molar-refractivity contribution is -0.120. The molecule has 0 unspecified atom stereocenters. The Morgan fingerprint density at radius 3 is 2.76 bits per heavy atom. The number of alkyl halides is 1. The van der Waals surface area contributed by atoms with Crippen LogP contribution in [0.1, 0.15) is 25.8 Å². The molecule has 1 aromatic carbocycles. The van der Waals surface area contributed by atoms with E-state index in [2.05, 4.69) is 33.4 Å². The van der Waals surface area contributed by atoms with Crippen LogP contribution in [0, 0.1) is 0 Å². The molecule has 0 atom stereocenters. The van der Waals surface area contributed by atoms with Crippen molar-refractivity contribution in [3.8, 4) is 0 Å². The molecule has 4 heteroatoms. The van der Waals surface area contributed by atoms with Gasteiger partial charge in [0.1, 0.15) is 5.88 Å². The number of aryl methyl sites for hydroxylation is 1. The van der Waals surface area contributed by atoms with E-state index in [4.69, 9.17) is 11.6 Å². The normalized spacial score (nSPS) is 11.3. The highest BCUT2D eigenvalue weighted by molar-refractivity contribution is 9.10. The molecule has 0 radical (unpaired) electrons. The van der Waals surface area contributed by atoms with Crippen molar-refractivity contribution in [2.45, 2.75) is 32.2 Å². The second-order valence-electron chi connectivity index (χ2n) is 4.70. The van der Waals surface area contributed by atoms with Crippen LogP contribution in [-0.4, -0.2) is 17.3 Å². The van der Waals surface area contributed by atoms with Gasteiger partial charge in [-0.25, -0.2) is 0 Å². The van der Waals surface area contributed by atoms with Gasteiger partial charge in [-0.05, 0) is 44.4 Å². The first-order valence-electron chi connectivity index (χ1n) is 5.54. The Labute approximate surface area is 116 Å². The van der Waals surface area contributed by atoms with Crippen molar-refractivity contribution in [1.82, 2.24) is 5.32 Å². The second kappa shape index (κ2) is 6.41. The van der Waals surface area contributed by atoms with Gasteiger partial charge in [0.15, 0.2) is 0 Å². The molecule has 0 aliphatic carbocycles. The van der Waals surface area contributed by atoms with E-state index in [0.29, 0.717) is 0 Å². The van der Waals surface area contributed by atoms with Crippen molar-refractivity contribution in [3.05, 3.63) is 34.3 Å². The molecule has 0 saturated carbocycles. The van der Waals surface area contributed by atoms with Gasteiger partial charge in [-0.15, -0.1) is 11.6 Å². The Balaban J connectivity index is 2.52. The van der Waals surface area contributed by atoms with Crippen LogP contribution in [0.25, 0.3) is 0 Å². The van der Waals surface area contributed by atoms with Gasteiger partial charge < -0.3 is 5.32 Å². The van der Waals surface area contributed by atoms with Crippen LogP contribution in [0.3, 0.4) is 0 Å². The zero-order valence-corrected chi connectivity index (χ0v) is 12.4. The number of carbonyl (C=O) groups excluding carboxylic acids is 1. The van der Waals surface area contributed by atoms with Crippen molar-refractivity contribution < 1.29 is 4.79 Å². The molecule has 0 aliphatic heterocycles. The first kappa shape index (κ1) is 14.5. The van der Waals surface area contributed by atoms with E-state index in [1.54, 1.807) is 0 Å². The summed E-state index contributed by atoms with van der Waals surface area (Å²) >= 11 is 8.92. The number of amides is 1. The molecule has 0 aliphatic rings. The maximum Gasteiger partial charge on any atom is 0.235 e. The van der Waals surface area contributed by atoms with Crippen LogP contribution < -0.4 is 5.32 Å². The Hall–Kier alpha value is -0.540. The highest BCUT2D eigenvalue weighted by Crippen LogP contribution is 2.17. The minimum absolute atomic E-state index is 0.0142. The number of hydrogen-bond acceptors (Lipinski definition) is 1. The molecule has 2 nitrogen and oxygen atoms in total. The summed E-state index contributed by atoms with van der Waals surface area (Å²) in [7, 11) is 0. The van der Waals surface area contributed by atoms with Crippen molar-refractivity contribution in [1.29, 1.82) is 0 Å². The molecule has 0 aromatic heterocycles. The van der Waals surface area contributed by atoms with Gasteiger partial charge >= 0.3 is 0 Å². The van der Waals surface area contributed by atoms with Gasteiger partial charge in [0.2, 0.25) is 5.91 Å². The summed E-state index contributed by atoms with van der Waals surface area (Å²) < 4.78 is 1.08. The lowest BCUT2D eigenvalue weighted by Crippen LogP contribution is -2.44. The van der Waals surface area contributed by atoms with Crippen molar-refractivity contribution in [3.63, 3.8) is 0 Å². The molecule has 17 heavy (non-hydrogen) atoms. The van der Waals surface area contributed by atoms with Crippen molar-refractivity contribution in [2.24, 2.45) is 0 Å². The van der Waals surface area contributed by atoms with E-state index in [0.717, 1.165) is 17.3 Å². The minimum Gasteiger partial charge on any atom is -0.350 e. The largest absolute Gasteiger partial charge is 0.350 e. The van der Waals surface area contributed by atoms with Crippen LogP contribution >= 0.6 is 27.5 Å². The number of nitrogens with one attached hydrogen (secondary N) is 1. The molecule has 0 fully saturated rings. The maximum absolute atomic E-state index is 11.2. The van der Waals surface area contributed by atoms with E-state index < -0.39 is 0 Å². The molecule has 0 spiro atoms. The lowest BCUT2D eigenvalue weighted by atomic mass is 9.95. The van der Waals surface area contributed by atoms with Gasteiger partial charge in [-0.3, -0.25) is 4.79 Å². The SMILES string of the molecule is CC(C)(CCc1cccc(Br)c1)NC(=O)CCl. The van der Waals surface area contributed by atoms with Crippen LogP contribution in [0.5, 0.6) is 0 Å². The fraction of sp³-hybridized carbons (Fsp3) is 0.462. The molecule has 1 aromatic rings. The van der Waals surface area contributed by atoms with E-state index in [1.165, 1.54) is 5.56 Å². The third-order valence-corrected chi connectivity index (χ3v) is 3.26. The maximum atomic E-state index is 11.2. The molecule has 0 bridgehead atoms. The number of rotatable bonds is 5. The first-order valence-corrected chi connectivity index (χ1v) is 6.87. The minimum atomic E-state index is -0.228. The van der Waals surface area contributed by atoms with Crippen molar-refractivity contribution >= 4 is 33.4 Å². The molecule has 1 amide bonds. The predicted molar refractivity (Wildman–Crippen MR) is 75.4 cm³/mol. The molecule has 0 saturated heterocycles. The number of carbonyl (C=O) groups is 1. The quantitative estimate of drug-likeness (QED) is 0.827. The van der Waals surface area contributed by atoms with E-state index in [-0.39, 0.29) is 17.3 Å². The Kier molecular flexibility index (Phi) is 5.47. The fourth-order valence-electron chi connectivity index (χ4n) is 1.62. The molecule has 0 heterocycles. The van der Waals surface area contributed by atoms with Gasteiger partial charge in [-0.1, -0.05) is 28.1 Å². The summed E-state index contributed by atoms with van der Waals surface area (Å²) in [5.41, 5.74) is 1.03. The van der Waals surface area contributed by atoms with Gasteiger partial charge in [0.05, 0.1) is 0 Å². The summed E-state index contributed by atoms with van der Waals surface area (Å²) in [4.78, 5) is 11.2. The summed E-state index contributed by atoms with van der Waals surface area (Å²) in [6.07, 6.45) is 1.81. The Morgan fingerprint density at radius 2 is 2.18 bits per heavy atom. The average molecular weight is 319 g/mol. The summed E-state index contributed by atoms with van der Waals surface area (Å²) in [5.74, 6) is -0.105. The second-order valence-corrected chi connectivity index (χ2v) is 5.88. The summed E-state index contributed by atoms with van der Waals surface area (Å²) in [6, 6.07) is 8.21. The predicted octanol–water partition coefficient (Wildman–Crippen LogP) is 3.52. The summed E-state index contributed by atoms with van der Waals surface area (Å²) in [6.45, 7) is 4.02. The highest BCUT2D eigenvalue weighted by Gasteiger charge is 2.19. The van der Waals surface area contributed by atoms with Crippen LogP contribution in [0.4, 0.5) is 0 Å². The standard InChI is InChI=1S/C13H17BrClNO/c1-13(2,16-12(17)9-15)7-6-10-4-3-5-11(14)8-10/h3-5,8H,6-7,9H2,1-2H3,(H,16,17). The number of halogens is 2. The molecule has 1 N–H and O–H groups in total. The van der Waals surface area contributed by atoms with E-state index in [9.17, 15) is 4.79 Å². The monoisotopic (exact) mass is 317 g/mol. The fourth-order valence-corrected chi connectivity index (χ4v) is 2.14. The van der Waals surface area contributed by atoms with E-state index in [1.807, 2.05) is 26.0 Å². The smallest absolute Gasteiger partial charge is 0.235 e. The van der Waals surface area contributed by atoms with Crippen molar-refractivity contribution in [2.75, 3.05) is 5.88 Å². The van der Waals surface area contributed by atoms with Crippen LogP contribution in [0.15, 0.2) is 28.7 Å². The van der Waals surface area contributed by atoms with Crippen LogP contribution in [0.2, 0.25) is 0 Å². The topological polar surface area (TPSA) is 29.1 Å². The third-order valence-electron chi connectivity index (χ3n) is 2.53. The number of hydrogen-bond donors (Lipinski definition) is 1. The zero-order chi connectivity index (χ0) is 12.9. The average Bonchev–Trinajstić information content (AvgIpc) is 2.26.